The van der Waals surface area contributed by atoms with Gasteiger partial charge in [0.15, 0.2) is 0 Å². The van der Waals surface area contributed by atoms with Crippen LogP contribution >= 0.6 is 0 Å². The van der Waals surface area contributed by atoms with E-state index in [2.05, 4.69) is 75.1 Å². The zero-order chi connectivity index (χ0) is 18.4. The molecule has 4 aromatic rings. The number of aromatic nitrogens is 4. The topological polar surface area (TPSA) is 63.8 Å². The van der Waals surface area contributed by atoms with E-state index in [1.54, 1.807) is 0 Å². The third-order valence-corrected chi connectivity index (χ3v) is 5.47. The van der Waals surface area contributed by atoms with Crippen molar-refractivity contribution in [2.24, 2.45) is 0 Å². The number of anilines is 1. The van der Waals surface area contributed by atoms with Crippen LogP contribution in [0.3, 0.4) is 0 Å². The molecule has 2 aromatic carbocycles. The average Bonchev–Trinajstić information content (AvgIpc) is 3.30. The van der Waals surface area contributed by atoms with Crippen LogP contribution in [0.4, 0.5) is 5.69 Å². The average molecular weight is 360 g/mol. The van der Waals surface area contributed by atoms with E-state index in [1.165, 1.54) is 5.69 Å². The predicted molar refractivity (Wildman–Crippen MR) is 110 cm³/mol. The lowest BCUT2D eigenvalue weighted by Gasteiger charge is -2.34. The van der Waals surface area contributed by atoms with E-state index in [9.17, 15) is 0 Å². The monoisotopic (exact) mass is 360 g/mol. The first-order valence-electron chi connectivity index (χ1n) is 9.62. The highest BCUT2D eigenvalue weighted by Crippen LogP contribution is 2.27. The number of likely N-dealkylation sites (N-methyl/N-ethyl adjacent to an activating group) is 1. The first-order valence-corrected chi connectivity index (χ1v) is 9.62. The van der Waals surface area contributed by atoms with Crippen LogP contribution < -0.4 is 4.90 Å². The Kier molecular flexibility index (Phi) is 3.86. The van der Waals surface area contributed by atoms with Gasteiger partial charge in [0.25, 0.3) is 0 Å². The molecule has 138 valence electrons. The molecule has 0 aliphatic carbocycles. The molecule has 0 amide bonds. The summed E-state index contributed by atoms with van der Waals surface area (Å²) in [6.07, 6.45) is 0.906. The number of hydrogen-bond donors (Lipinski definition) is 2. The molecule has 27 heavy (non-hydrogen) atoms. The number of hydrogen-bond acceptors (Lipinski definition) is 4. The fourth-order valence-electron chi connectivity index (χ4n) is 3.77. The molecule has 6 heteroatoms. The molecule has 2 N–H and O–H groups in total. The summed E-state index contributed by atoms with van der Waals surface area (Å²) in [6, 6.07) is 12.8. The third kappa shape index (κ3) is 2.96. The molecule has 0 bridgehead atoms. The maximum absolute atomic E-state index is 4.80. The Labute approximate surface area is 158 Å². The molecule has 0 saturated carbocycles. The predicted octanol–water partition coefficient (Wildman–Crippen LogP) is 3.42. The molecular formula is C21H24N6. The maximum Gasteiger partial charge on any atom is 0.138 e. The smallest absolute Gasteiger partial charge is 0.138 e. The molecule has 1 aliphatic heterocycles. The number of H-pyrrole nitrogens is 2. The molecule has 2 aromatic heterocycles. The van der Waals surface area contributed by atoms with Gasteiger partial charge in [-0.3, -0.25) is 0 Å². The van der Waals surface area contributed by atoms with Crippen molar-refractivity contribution in [2.45, 2.75) is 13.3 Å². The van der Waals surface area contributed by atoms with Gasteiger partial charge in [0, 0.05) is 43.9 Å². The Bertz CT molecular complexity index is 1100. The van der Waals surface area contributed by atoms with E-state index in [4.69, 9.17) is 4.98 Å². The highest BCUT2D eigenvalue weighted by Gasteiger charge is 2.15. The number of imidazole rings is 2. The summed E-state index contributed by atoms with van der Waals surface area (Å²) in [7, 11) is 2.18. The van der Waals surface area contributed by atoms with Crippen molar-refractivity contribution >= 4 is 27.8 Å². The molecule has 1 aliphatic rings. The third-order valence-electron chi connectivity index (χ3n) is 5.47. The van der Waals surface area contributed by atoms with Gasteiger partial charge in [-0.2, -0.15) is 0 Å². The van der Waals surface area contributed by atoms with Crippen molar-refractivity contribution in [1.29, 1.82) is 0 Å². The first-order chi connectivity index (χ1) is 13.2. The molecule has 5 rings (SSSR count). The Hall–Kier alpha value is -2.86. The summed E-state index contributed by atoms with van der Waals surface area (Å²) in [4.78, 5) is 21.1. The van der Waals surface area contributed by atoms with Gasteiger partial charge in [0.2, 0.25) is 0 Å². The number of aryl methyl sites for hydroxylation is 1. The summed E-state index contributed by atoms with van der Waals surface area (Å²) in [5.74, 6) is 1.92. The van der Waals surface area contributed by atoms with Crippen molar-refractivity contribution in [3.63, 3.8) is 0 Å². The van der Waals surface area contributed by atoms with Crippen molar-refractivity contribution in [3.05, 3.63) is 42.2 Å². The van der Waals surface area contributed by atoms with Crippen molar-refractivity contribution in [1.82, 2.24) is 24.8 Å². The lowest BCUT2D eigenvalue weighted by Crippen LogP contribution is -2.44. The van der Waals surface area contributed by atoms with Gasteiger partial charge in [-0.05, 0) is 43.4 Å². The number of fused-ring (bicyclic) bond motifs is 2. The number of benzene rings is 2. The van der Waals surface area contributed by atoms with Gasteiger partial charge in [-0.25, -0.2) is 9.97 Å². The van der Waals surface area contributed by atoms with Crippen molar-refractivity contribution < 1.29 is 0 Å². The van der Waals surface area contributed by atoms with E-state index in [0.29, 0.717) is 0 Å². The van der Waals surface area contributed by atoms with Crippen LogP contribution in [0, 0.1) is 0 Å². The molecule has 3 heterocycles. The van der Waals surface area contributed by atoms with Gasteiger partial charge in [-0.15, -0.1) is 0 Å². The van der Waals surface area contributed by atoms with Gasteiger partial charge in [0.1, 0.15) is 11.6 Å². The lowest BCUT2D eigenvalue weighted by atomic mass is 10.2. The quantitative estimate of drug-likeness (QED) is 0.588. The Balaban J connectivity index is 1.49. The maximum atomic E-state index is 4.80. The normalized spacial score (nSPS) is 15.9. The van der Waals surface area contributed by atoms with Crippen molar-refractivity contribution in [2.75, 3.05) is 38.1 Å². The second-order valence-corrected chi connectivity index (χ2v) is 7.35. The van der Waals surface area contributed by atoms with Gasteiger partial charge in [-0.1, -0.05) is 6.92 Å². The number of nitrogens with one attached hydrogen (secondary N) is 2. The minimum Gasteiger partial charge on any atom is -0.369 e. The van der Waals surface area contributed by atoms with E-state index >= 15 is 0 Å². The van der Waals surface area contributed by atoms with Crippen LogP contribution in [0.25, 0.3) is 33.5 Å². The van der Waals surface area contributed by atoms with Crippen LogP contribution in [0.5, 0.6) is 0 Å². The van der Waals surface area contributed by atoms with Crippen LogP contribution in [-0.2, 0) is 6.42 Å². The number of nitrogens with zero attached hydrogens (tertiary/aromatic N) is 4. The largest absolute Gasteiger partial charge is 0.369 e. The zero-order valence-electron chi connectivity index (χ0n) is 15.8. The Morgan fingerprint density at radius 1 is 0.889 bits per heavy atom. The van der Waals surface area contributed by atoms with Crippen LogP contribution in [0.1, 0.15) is 12.7 Å². The Morgan fingerprint density at radius 3 is 2.44 bits per heavy atom. The summed E-state index contributed by atoms with van der Waals surface area (Å²) in [5, 5.41) is 0. The minimum absolute atomic E-state index is 0.898. The second kappa shape index (κ2) is 6.39. The molecule has 0 atom stereocenters. The number of aromatic amines is 2. The van der Waals surface area contributed by atoms with Crippen LogP contribution in [0.15, 0.2) is 36.4 Å². The summed E-state index contributed by atoms with van der Waals surface area (Å²) in [6.45, 7) is 6.46. The van der Waals surface area contributed by atoms with Crippen molar-refractivity contribution in [3.8, 4) is 11.4 Å². The molecule has 0 spiro atoms. The van der Waals surface area contributed by atoms with Gasteiger partial charge in [0.05, 0.1) is 22.1 Å². The highest BCUT2D eigenvalue weighted by atomic mass is 15.2. The van der Waals surface area contributed by atoms with E-state index in [1.807, 2.05) is 0 Å². The SMILES string of the molecule is CCc1nc2ccc(-c3nc4ccc(N5CCN(C)CC5)cc4[nH]3)cc2[nH]1. The molecule has 0 unspecified atom stereocenters. The zero-order valence-corrected chi connectivity index (χ0v) is 15.8. The molecule has 1 saturated heterocycles. The molecule has 1 fully saturated rings. The lowest BCUT2D eigenvalue weighted by molar-refractivity contribution is 0.313. The van der Waals surface area contributed by atoms with Crippen LogP contribution in [0.2, 0.25) is 0 Å². The summed E-state index contributed by atoms with van der Waals surface area (Å²) >= 11 is 0. The summed E-state index contributed by atoms with van der Waals surface area (Å²) in [5.41, 5.74) is 6.49. The number of rotatable bonds is 3. The van der Waals surface area contributed by atoms with E-state index < -0.39 is 0 Å². The highest BCUT2D eigenvalue weighted by molar-refractivity contribution is 5.85. The van der Waals surface area contributed by atoms with E-state index in [-0.39, 0.29) is 0 Å². The van der Waals surface area contributed by atoms with Crippen LogP contribution in [-0.4, -0.2) is 58.1 Å². The fourth-order valence-corrected chi connectivity index (χ4v) is 3.77. The number of piperazine rings is 1. The standard InChI is InChI=1S/C21H24N6/c1-3-20-22-16-6-4-14(12-18(16)23-20)21-24-17-7-5-15(13-19(17)25-21)27-10-8-26(2)9-11-27/h4-7,12-13H,3,8-11H2,1-2H3,(H,22,23)(H,24,25). The molecule has 6 nitrogen and oxygen atoms in total. The Morgan fingerprint density at radius 2 is 1.63 bits per heavy atom. The molecular weight excluding hydrogens is 336 g/mol. The van der Waals surface area contributed by atoms with E-state index in [0.717, 1.165) is 71.9 Å². The molecule has 0 radical (unpaired) electrons. The summed E-state index contributed by atoms with van der Waals surface area (Å²) < 4.78 is 0. The van der Waals surface area contributed by atoms with Gasteiger partial charge < -0.3 is 19.8 Å². The first kappa shape index (κ1) is 16.3. The minimum atomic E-state index is 0.898. The second-order valence-electron chi connectivity index (χ2n) is 7.35. The van der Waals surface area contributed by atoms with Gasteiger partial charge >= 0.3 is 0 Å². The fraction of sp³-hybridized carbons (Fsp3) is 0.333.